The molecule has 0 saturated carbocycles. The molecule has 4 N–H and O–H groups in total. The molecule has 1 heterocycles. The zero-order valence-electron chi connectivity index (χ0n) is 9.54. The largest absolute Gasteiger partial charge is 0.481 e. The lowest BCUT2D eigenvalue weighted by atomic mass is 10.1. The van der Waals surface area contributed by atoms with Crippen LogP contribution in [0.3, 0.4) is 0 Å². The first-order chi connectivity index (χ1) is 8.56. The molecule has 0 spiro atoms. The Kier molecular flexibility index (Phi) is 3.27. The number of carbonyl (C=O) groups excluding carboxylic acids is 1. The summed E-state index contributed by atoms with van der Waals surface area (Å²) >= 11 is 0. The number of aromatic nitrogens is 1. The number of aliphatic carboxylic acids is 1. The number of carboxylic acids is 1. The Morgan fingerprint density at radius 3 is 2.83 bits per heavy atom. The lowest BCUT2D eigenvalue weighted by molar-refractivity contribution is -0.140. The van der Waals surface area contributed by atoms with Crippen molar-refractivity contribution in [3.63, 3.8) is 0 Å². The van der Waals surface area contributed by atoms with Crippen molar-refractivity contribution in [1.82, 2.24) is 4.98 Å². The maximum absolute atomic E-state index is 11.0. The van der Waals surface area contributed by atoms with Gasteiger partial charge in [-0.25, -0.2) is 0 Å². The summed E-state index contributed by atoms with van der Waals surface area (Å²) in [6.45, 7) is 0. The standard InChI is InChI=1S/C12H13N3O3/c13-11(16)10-6-9(3-4-14-10)15-8-2-1-7(5-8)12(17)18/h1-4,6-8H,5H2,(H2,13,16)(H,14,15)(H,17,18). The SMILES string of the molecule is NC(=O)c1cc(NC2C=CC(C(=O)O)C2)ccn1. The molecule has 0 aliphatic heterocycles. The van der Waals surface area contributed by atoms with Crippen LogP contribution in [0.15, 0.2) is 30.5 Å². The summed E-state index contributed by atoms with van der Waals surface area (Å²) in [5.74, 6) is -1.88. The summed E-state index contributed by atoms with van der Waals surface area (Å²) in [5, 5.41) is 12.0. The van der Waals surface area contributed by atoms with Gasteiger partial charge < -0.3 is 16.2 Å². The third-order valence-electron chi connectivity index (χ3n) is 2.77. The third-order valence-corrected chi connectivity index (χ3v) is 2.77. The highest BCUT2D eigenvalue weighted by atomic mass is 16.4. The van der Waals surface area contributed by atoms with Crippen LogP contribution in [0.25, 0.3) is 0 Å². The maximum atomic E-state index is 11.0. The molecule has 1 amide bonds. The van der Waals surface area contributed by atoms with E-state index in [1.54, 1.807) is 18.2 Å². The van der Waals surface area contributed by atoms with Crippen LogP contribution < -0.4 is 11.1 Å². The van der Waals surface area contributed by atoms with Crippen molar-refractivity contribution in [1.29, 1.82) is 0 Å². The van der Waals surface area contributed by atoms with Gasteiger partial charge in [0.2, 0.25) is 0 Å². The van der Waals surface area contributed by atoms with E-state index in [1.165, 1.54) is 6.20 Å². The summed E-state index contributed by atoms with van der Waals surface area (Å²) in [7, 11) is 0. The zero-order valence-corrected chi connectivity index (χ0v) is 9.54. The van der Waals surface area contributed by atoms with Gasteiger partial charge in [-0.15, -0.1) is 0 Å². The number of nitrogens with two attached hydrogens (primary N) is 1. The fourth-order valence-corrected chi connectivity index (χ4v) is 1.86. The van der Waals surface area contributed by atoms with Gasteiger partial charge in [-0.3, -0.25) is 14.6 Å². The molecule has 94 valence electrons. The highest BCUT2D eigenvalue weighted by Crippen LogP contribution is 2.21. The Morgan fingerprint density at radius 2 is 2.22 bits per heavy atom. The Balaban J connectivity index is 2.03. The van der Waals surface area contributed by atoms with Crippen LogP contribution in [0.2, 0.25) is 0 Å². The second-order valence-corrected chi connectivity index (χ2v) is 4.11. The fourth-order valence-electron chi connectivity index (χ4n) is 1.86. The van der Waals surface area contributed by atoms with Crippen molar-refractivity contribution in [2.24, 2.45) is 11.7 Å². The number of nitrogens with one attached hydrogen (secondary N) is 1. The second-order valence-electron chi connectivity index (χ2n) is 4.11. The number of carbonyl (C=O) groups is 2. The predicted molar refractivity (Wildman–Crippen MR) is 65.0 cm³/mol. The van der Waals surface area contributed by atoms with E-state index in [-0.39, 0.29) is 11.7 Å². The average Bonchev–Trinajstić information content (AvgIpc) is 2.78. The van der Waals surface area contributed by atoms with Crippen molar-refractivity contribution in [3.8, 4) is 0 Å². The first kappa shape index (κ1) is 12.1. The number of anilines is 1. The van der Waals surface area contributed by atoms with Gasteiger partial charge in [-0.2, -0.15) is 0 Å². The molecule has 1 aromatic rings. The minimum absolute atomic E-state index is 0.0609. The van der Waals surface area contributed by atoms with Crippen molar-refractivity contribution >= 4 is 17.6 Å². The molecule has 6 nitrogen and oxygen atoms in total. The third kappa shape index (κ3) is 2.65. The van der Waals surface area contributed by atoms with E-state index in [4.69, 9.17) is 10.8 Å². The van der Waals surface area contributed by atoms with Gasteiger partial charge in [0.05, 0.1) is 5.92 Å². The van der Waals surface area contributed by atoms with Gasteiger partial charge >= 0.3 is 5.97 Å². The van der Waals surface area contributed by atoms with E-state index < -0.39 is 17.8 Å². The number of nitrogens with zero attached hydrogens (tertiary/aromatic N) is 1. The van der Waals surface area contributed by atoms with E-state index in [0.717, 1.165) is 0 Å². The van der Waals surface area contributed by atoms with Gasteiger partial charge in [0.25, 0.3) is 5.91 Å². The predicted octanol–water partition coefficient (Wildman–Crippen LogP) is 0.622. The summed E-state index contributed by atoms with van der Waals surface area (Å²) in [6.07, 6.45) is 5.44. The first-order valence-corrected chi connectivity index (χ1v) is 5.50. The smallest absolute Gasteiger partial charge is 0.310 e. The minimum atomic E-state index is -0.830. The van der Waals surface area contributed by atoms with Crippen LogP contribution in [-0.4, -0.2) is 28.0 Å². The van der Waals surface area contributed by atoms with Gasteiger partial charge in [-0.1, -0.05) is 12.2 Å². The van der Waals surface area contributed by atoms with E-state index in [1.807, 2.05) is 6.08 Å². The molecule has 1 aliphatic carbocycles. The highest BCUT2D eigenvalue weighted by Gasteiger charge is 2.24. The first-order valence-electron chi connectivity index (χ1n) is 5.50. The molecule has 18 heavy (non-hydrogen) atoms. The molecule has 6 heteroatoms. The number of rotatable bonds is 4. The lowest BCUT2D eigenvalue weighted by Crippen LogP contribution is -2.19. The van der Waals surface area contributed by atoms with E-state index in [0.29, 0.717) is 12.1 Å². The quantitative estimate of drug-likeness (QED) is 0.676. The number of hydrogen-bond donors (Lipinski definition) is 3. The Labute approximate surface area is 104 Å². The molecule has 0 bridgehead atoms. The van der Waals surface area contributed by atoms with Crippen LogP contribution >= 0.6 is 0 Å². The zero-order chi connectivity index (χ0) is 13.1. The molecular formula is C12H13N3O3. The van der Waals surface area contributed by atoms with Crippen molar-refractivity contribution in [2.75, 3.05) is 5.32 Å². The lowest BCUT2D eigenvalue weighted by Gasteiger charge is -2.13. The molecule has 2 atom stereocenters. The number of primary amides is 1. The molecule has 1 aliphatic rings. The summed E-state index contributed by atoms with van der Waals surface area (Å²) in [4.78, 5) is 25.6. The van der Waals surface area contributed by atoms with Crippen LogP contribution in [-0.2, 0) is 4.79 Å². The molecule has 0 radical (unpaired) electrons. The van der Waals surface area contributed by atoms with Crippen molar-refractivity contribution in [2.45, 2.75) is 12.5 Å². The highest BCUT2D eigenvalue weighted by molar-refractivity contribution is 5.91. The van der Waals surface area contributed by atoms with Crippen LogP contribution in [0.5, 0.6) is 0 Å². The van der Waals surface area contributed by atoms with E-state index >= 15 is 0 Å². The fraction of sp³-hybridized carbons (Fsp3) is 0.250. The van der Waals surface area contributed by atoms with Gasteiger partial charge in [0.15, 0.2) is 0 Å². The van der Waals surface area contributed by atoms with Gasteiger partial charge in [-0.05, 0) is 18.6 Å². The monoisotopic (exact) mass is 247 g/mol. The summed E-state index contributed by atoms with van der Waals surface area (Å²) < 4.78 is 0. The van der Waals surface area contributed by atoms with E-state index in [2.05, 4.69) is 10.3 Å². The maximum Gasteiger partial charge on any atom is 0.310 e. The molecule has 2 rings (SSSR count). The van der Waals surface area contributed by atoms with Gasteiger partial charge in [0, 0.05) is 17.9 Å². The van der Waals surface area contributed by atoms with Gasteiger partial charge in [0.1, 0.15) is 5.69 Å². The molecule has 0 saturated heterocycles. The van der Waals surface area contributed by atoms with Crippen molar-refractivity contribution in [3.05, 3.63) is 36.2 Å². The van der Waals surface area contributed by atoms with Crippen LogP contribution in [0.4, 0.5) is 5.69 Å². The molecule has 0 fully saturated rings. The molecule has 2 unspecified atom stereocenters. The number of hydrogen-bond acceptors (Lipinski definition) is 4. The average molecular weight is 247 g/mol. The molecule has 1 aromatic heterocycles. The Bertz CT molecular complexity index is 513. The number of amides is 1. The Morgan fingerprint density at radius 1 is 1.44 bits per heavy atom. The topological polar surface area (TPSA) is 105 Å². The van der Waals surface area contributed by atoms with E-state index in [9.17, 15) is 9.59 Å². The molecule has 0 aromatic carbocycles. The number of carboxylic acid groups (broad SMARTS) is 1. The molecular weight excluding hydrogens is 234 g/mol. The van der Waals surface area contributed by atoms with Crippen LogP contribution in [0.1, 0.15) is 16.9 Å². The minimum Gasteiger partial charge on any atom is -0.481 e. The summed E-state index contributed by atoms with van der Waals surface area (Å²) in [6, 6.07) is 3.19. The van der Waals surface area contributed by atoms with Crippen molar-refractivity contribution < 1.29 is 14.7 Å². The Hall–Kier alpha value is -2.37. The normalized spacial score (nSPS) is 21.8. The number of pyridine rings is 1. The second kappa shape index (κ2) is 4.87. The van der Waals surface area contributed by atoms with Crippen LogP contribution in [0, 0.1) is 5.92 Å². The summed E-state index contributed by atoms with van der Waals surface area (Å²) in [5.41, 5.74) is 6.00.